The molecule has 0 aliphatic heterocycles. The van der Waals surface area contributed by atoms with Crippen molar-refractivity contribution in [2.24, 2.45) is 5.92 Å². The Balaban J connectivity index is 3.05. The Morgan fingerprint density at radius 1 is 1.33 bits per heavy atom. The fourth-order valence-corrected chi connectivity index (χ4v) is 2.67. The molecule has 0 unspecified atom stereocenters. The van der Waals surface area contributed by atoms with E-state index in [9.17, 15) is 4.79 Å². The van der Waals surface area contributed by atoms with Gasteiger partial charge in [-0.15, -0.1) is 0 Å². The third-order valence-corrected chi connectivity index (χ3v) is 4.04. The highest BCUT2D eigenvalue weighted by Crippen LogP contribution is 2.21. The first-order chi connectivity index (χ1) is 8.32. The highest BCUT2D eigenvalue weighted by molar-refractivity contribution is 14.1. The molecule has 0 fully saturated rings. The van der Waals surface area contributed by atoms with Crippen LogP contribution < -0.4 is 0 Å². The van der Waals surface area contributed by atoms with Gasteiger partial charge in [-0.1, -0.05) is 29.8 Å². The summed E-state index contributed by atoms with van der Waals surface area (Å²) in [6.45, 7) is 9.18. The van der Waals surface area contributed by atoms with Gasteiger partial charge in [-0.05, 0) is 60.6 Å². The van der Waals surface area contributed by atoms with E-state index in [0.717, 1.165) is 20.2 Å². The van der Waals surface area contributed by atoms with Crippen molar-refractivity contribution in [1.82, 2.24) is 4.90 Å². The molecule has 0 aliphatic carbocycles. The molecule has 1 rings (SSSR count). The minimum atomic E-state index is 0.115. The van der Waals surface area contributed by atoms with Crippen molar-refractivity contribution in [3.05, 3.63) is 31.8 Å². The summed E-state index contributed by atoms with van der Waals surface area (Å²) in [7, 11) is 0. The van der Waals surface area contributed by atoms with Crippen LogP contribution in [0, 0.1) is 9.49 Å². The minimum Gasteiger partial charge on any atom is -0.336 e. The van der Waals surface area contributed by atoms with Crippen LogP contribution in [0.5, 0.6) is 0 Å². The summed E-state index contributed by atoms with van der Waals surface area (Å²) in [5, 5.41) is 0. The molecule has 0 atom stereocenters. The molecule has 0 saturated heterocycles. The molecule has 0 saturated carbocycles. The number of carbonyl (C=O) groups excluding carboxylic acids is 1. The molecule has 1 amide bonds. The molecule has 1 aromatic rings. The van der Waals surface area contributed by atoms with Crippen LogP contribution >= 0.6 is 38.5 Å². The van der Waals surface area contributed by atoms with Crippen LogP contribution in [-0.4, -0.2) is 23.4 Å². The van der Waals surface area contributed by atoms with Gasteiger partial charge < -0.3 is 4.90 Å². The molecule has 0 spiro atoms. The number of amides is 1. The molecular formula is C14H19BrINO. The van der Waals surface area contributed by atoms with Gasteiger partial charge >= 0.3 is 0 Å². The van der Waals surface area contributed by atoms with Gasteiger partial charge in [-0.3, -0.25) is 4.79 Å². The van der Waals surface area contributed by atoms with Crippen molar-refractivity contribution in [1.29, 1.82) is 0 Å². The molecule has 0 bridgehead atoms. The largest absolute Gasteiger partial charge is 0.336 e. The zero-order valence-electron chi connectivity index (χ0n) is 11.2. The maximum absolute atomic E-state index is 12.6. The number of hydrogen-bond donors (Lipinski definition) is 0. The van der Waals surface area contributed by atoms with E-state index in [1.54, 1.807) is 0 Å². The lowest BCUT2D eigenvalue weighted by Crippen LogP contribution is -2.39. The quantitative estimate of drug-likeness (QED) is 0.650. The maximum atomic E-state index is 12.6. The monoisotopic (exact) mass is 423 g/mol. The Bertz CT molecular complexity index is 432. The lowest BCUT2D eigenvalue weighted by atomic mass is 10.1. The van der Waals surface area contributed by atoms with Gasteiger partial charge in [0, 0.05) is 20.6 Å². The summed E-state index contributed by atoms with van der Waals surface area (Å²) in [5.41, 5.74) is 0.777. The van der Waals surface area contributed by atoms with Crippen LogP contribution in [-0.2, 0) is 0 Å². The van der Waals surface area contributed by atoms with E-state index in [1.165, 1.54) is 0 Å². The molecule has 0 heterocycles. The van der Waals surface area contributed by atoms with Gasteiger partial charge in [-0.25, -0.2) is 0 Å². The number of halogens is 2. The van der Waals surface area contributed by atoms with Gasteiger partial charge in [0.05, 0.1) is 5.56 Å². The Kier molecular flexibility index (Phi) is 6.11. The normalized spacial score (nSPS) is 11.1. The molecule has 18 heavy (non-hydrogen) atoms. The average Bonchev–Trinajstić information content (AvgIpc) is 2.27. The van der Waals surface area contributed by atoms with Gasteiger partial charge in [0.25, 0.3) is 5.91 Å². The molecule has 2 nitrogen and oxygen atoms in total. The second-order valence-corrected chi connectivity index (χ2v) is 7.15. The first-order valence-electron chi connectivity index (χ1n) is 6.09. The summed E-state index contributed by atoms with van der Waals surface area (Å²) in [4.78, 5) is 14.5. The van der Waals surface area contributed by atoms with E-state index in [2.05, 4.69) is 66.2 Å². The van der Waals surface area contributed by atoms with Crippen LogP contribution in [0.25, 0.3) is 0 Å². The van der Waals surface area contributed by atoms with Crippen LogP contribution in [0.4, 0.5) is 0 Å². The zero-order valence-corrected chi connectivity index (χ0v) is 14.9. The van der Waals surface area contributed by atoms with Gasteiger partial charge in [0.1, 0.15) is 0 Å². The lowest BCUT2D eigenvalue weighted by Gasteiger charge is -2.29. The highest BCUT2D eigenvalue weighted by atomic mass is 127. The molecule has 0 aromatic heterocycles. The maximum Gasteiger partial charge on any atom is 0.255 e. The van der Waals surface area contributed by atoms with Crippen LogP contribution in [0.2, 0.25) is 0 Å². The molecule has 1 aromatic carbocycles. The fraction of sp³-hybridized carbons (Fsp3) is 0.500. The number of nitrogens with zero attached hydrogens (tertiary/aromatic N) is 1. The first kappa shape index (κ1) is 16.0. The second-order valence-electron chi connectivity index (χ2n) is 5.07. The molecule has 4 heteroatoms. The Morgan fingerprint density at radius 2 is 1.94 bits per heavy atom. The van der Waals surface area contributed by atoms with E-state index in [4.69, 9.17) is 0 Å². The van der Waals surface area contributed by atoms with E-state index >= 15 is 0 Å². The lowest BCUT2D eigenvalue weighted by molar-refractivity contribution is 0.0681. The van der Waals surface area contributed by atoms with Gasteiger partial charge in [0.2, 0.25) is 0 Å². The Hall–Kier alpha value is -0.100. The van der Waals surface area contributed by atoms with Crippen molar-refractivity contribution in [3.8, 4) is 0 Å². The smallest absolute Gasteiger partial charge is 0.255 e. The highest BCUT2D eigenvalue weighted by Gasteiger charge is 2.21. The van der Waals surface area contributed by atoms with Crippen LogP contribution in [0.1, 0.15) is 38.1 Å². The molecular weight excluding hydrogens is 405 g/mol. The standard InChI is InChI=1S/C14H19BrINO/c1-9(2)8-17(10(3)4)14(18)12-7-11(15)5-6-13(12)16/h5-7,9-10H,8H2,1-4H3. The van der Waals surface area contributed by atoms with Gasteiger partial charge in [0.15, 0.2) is 0 Å². The molecule has 0 aliphatic rings. The second kappa shape index (κ2) is 6.89. The summed E-state index contributed by atoms with van der Waals surface area (Å²) in [6.07, 6.45) is 0. The SMILES string of the molecule is CC(C)CN(C(=O)c1cc(Br)ccc1I)C(C)C. The van der Waals surface area contributed by atoms with E-state index in [-0.39, 0.29) is 11.9 Å². The van der Waals surface area contributed by atoms with Crippen LogP contribution in [0.15, 0.2) is 22.7 Å². The Morgan fingerprint density at radius 3 is 2.44 bits per heavy atom. The zero-order chi connectivity index (χ0) is 13.9. The van der Waals surface area contributed by atoms with Gasteiger partial charge in [-0.2, -0.15) is 0 Å². The number of hydrogen-bond acceptors (Lipinski definition) is 1. The molecule has 100 valence electrons. The summed E-state index contributed by atoms with van der Waals surface area (Å²) in [5.74, 6) is 0.588. The summed E-state index contributed by atoms with van der Waals surface area (Å²) in [6, 6.07) is 6.04. The van der Waals surface area contributed by atoms with Crippen molar-refractivity contribution < 1.29 is 4.79 Å². The van der Waals surface area contributed by atoms with E-state index < -0.39 is 0 Å². The molecule has 0 N–H and O–H groups in total. The van der Waals surface area contributed by atoms with E-state index in [1.807, 2.05) is 23.1 Å². The fourth-order valence-electron chi connectivity index (χ4n) is 1.74. The summed E-state index contributed by atoms with van der Waals surface area (Å²) < 4.78 is 1.94. The first-order valence-corrected chi connectivity index (χ1v) is 7.96. The van der Waals surface area contributed by atoms with E-state index in [0.29, 0.717) is 5.92 Å². The van der Waals surface area contributed by atoms with Crippen molar-refractivity contribution in [3.63, 3.8) is 0 Å². The predicted molar refractivity (Wildman–Crippen MR) is 87.9 cm³/mol. The number of carbonyl (C=O) groups is 1. The third-order valence-electron chi connectivity index (χ3n) is 2.60. The predicted octanol–water partition coefficient (Wildman–Crippen LogP) is 4.56. The van der Waals surface area contributed by atoms with Crippen molar-refractivity contribution >= 4 is 44.4 Å². The third kappa shape index (κ3) is 4.23. The number of benzene rings is 1. The Labute approximate surface area is 131 Å². The van der Waals surface area contributed by atoms with Crippen molar-refractivity contribution in [2.75, 3.05) is 6.54 Å². The van der Waals surface area contributed by atoms with Crippen molar-refractivity contribution in [2.45, 2.75) is 33.7 Å². The minimum absolute atomic E-state index is 0.115. The molecule has 0 radical (unpaired) electrons. The topological polar surface area (TPSA) is 20.3 Å². The average molecular weight is 424 g/mol. The summed E-state index contributed by atoms with van der Waals surface area (Å²) >= 11 is 5.64. The number of rotatable bonds is 4. The van der Waals surface area contributed by atoms with Crippen LogP contribution in [0.3, 0.4) is 0 Å².